The molecule has 1 aromatic carbocycles. The van der Waals surface area contributed by atoms with Crippen molar-refractivity contribution in [2.75, 3.05) is 18.8 Å². The maximum absolute atomic E-state index is 12.5. The number of hydrogen-bond donors (Lipinski definition) is 0. The van der Waals surface area contributed by atoms with Gasteiger partial charge in [-0.2, -0.15) is 0 Å². The molecule has 4 rings (SSSR count). The average Bonchev–Trinajstić information content (AvgIpc) is 3.25. The van der Waals surface area contributed by atoms with Crippen molar-refractivity contribution in [2.24, 2.45) is 0 Å². The van der Waals surface area contributed by atoms with Gasteiger partial charge in [0.25, 0.3) is 5.22 Å². The third kappa shape index (κ3) is 3.53. The molecule has 0 saturated carbocycles. The average molecular weight is 358 g/mol. The Bertz CT molecular complexity index is 858. The van der Waals surface area contributed by atoms with Crippen molar-refractivity contribution in [3.05, 3.63) is 36.0 Å². The smallest absolute Gasteiger partial charge is 0.277 e. The van der Waals surface area contributed by atoms with E-state index in [2.05, 4.69) is 15.2 Å². The van der Waals surface area contributed by atoms with Crippen LogP contribution >= 0.6 is 11.8 Å². The van der Waals surface area contributed by atoms with E-state index in [0.29, 0.717) is 23.4 Å². The highest BCUT2D eigenvalue weighted by molar-refractivity contribution is 7.99. The zero-order chi connectivity index (χ0) is 17.2. The van der Waals surface area contributed by atoms with Crippen LogP contribution in [0.5, 0.6) is 0 Å². The fourth-order valence-electron chi connectivity index (χ4n) is 3.02. The normalized spacial score (nSPS) is 18.0. The van der Waals surface area contributed by atoms with Gasteiger partial charge < -0.3 is 13.7 Å². The summed E-state index contributed by atoms with van der Waals surface area (Å²) in [6.45, 7) is 3.13. The number of rotatable bonds is 4. The molecule has 3 heterocycles. The Morgan fingerprint density at radius 1 is 1.32 bits per heavy atom. The lowest BCUT2D eigenvalue weighted by Gasteiger charge is -2.31. The Morgan fingerprint density at radius 2 is 2.20 bits per heavy atom. The molecule has 7 nitrogen and oxygen atoms in total. The second kappa shape index (κ2) is 6.87. The van der Waals surface area contributed by atoms with Crippen LogP contribution in [0.4, 0.5) is 0 Å². The number of aryl methyl sites for hydroxylation is 1. The number of hydrogen-bond acceptors (Lipinski definition) is 7. The van der Waals surface area contributed by atoms with Gasteiger partial charge in [0, 0.05) is 20.0 Å². The molecule has 0 unspecified atom stereocenters. The van der Waals surface area contributed by atoms with Crippen LogP contribution in [0.1, 0.15) is 30.5 Å². The number of nitrogens with zero attached hydrogens (tertiary/aromatic N) is 4. The van der Waals surface area contributed by atoms with Gasteiger partial charge in [-0.05, 0) is 25.0 Å². The number of likely N-dealkylation sites (tertiary alicyclic amines) is 1. The molecule has 8 heteroatoms. The lowest BCUT2D eigenvalue weighted by atomic mass is 9.98. The maximum atomic E-state index is 12.5. The molecule has 0 aliphatic carbocycles. The minimum atomic E-state index is 0.0710. The first-order chi connectivity index (χ1) is 12.2. The van der Waals surface area contributed by atoms with Crippen molar-refractivity contribution in [1.29, 1.82) is 0 Å². The second-order valence-electron chi connectivity index (χ2n) is 6.07. The molecule has 2 aromatic heterocycles. The van der Waals surface area contributed by atoms with Gasteiger partial charge in [0.1, 0.15) is 5.52 Å². The van der Waals surface area contributed by atoms with Crippen molar-refractivity contribution in [1.82, 2.24) is 20.1 Å². The van der Waals surface area contributed by atoms with Crippen LogP contribution in [-0.2, 0) is 4.79 Å². The zero-order valence-corrected chi connectivity index (χ0v) is 14.7. The Labute approximate surface area is 148 Å². The minimum absolute atomic E-state index is 0.0710. The van der Waals surface area contributed by atoms with E-state index in [9.17, 15) is 4.79 Å². The van der Waals surface area contributed by atoms with Crippen LogP contribution in [0.15, 0.2) is 38.3 Å². The van der Waals surface area contributed by atoms with Crippen molar-refractivity contribution >= 4 is 28.8 Å². The monoisotopic (exact) mass is 358 g/mol. The molecule has 1 aliphatic rings. The van der Waals surface area contributed by atoms with Gasteiger partial charge in [-0.25, -0.2) is 4.98 Å². The maximum Gasteiger partial charge on any atom is 0.277 e. The Balaban J connectivity index is 1.40. The van der Waals surface area contributed by atoms with Gasteiger partial charge in [0.2, 0.25) is 11.8 Å². The first kappa shape index (κ1) is 16.1. The molecular weight excluding hydrogens is 340 g/mol. The second-order valence-corrected chi connectivity index (χ2v) is 7.00. The van der Waals surface area contributed by atoms with Gasteiger partial charge in [-0.15, -0.1) is 10.2 Å². The van der Waals surface area contributed by atoms with Gasteiger partial charge in [-0.1, -0.05) is 23.9 Å². The van der Waals surface area contributed by atoms with Crippen LogP contribution in [0.25, 0.3) is 11.1 Å². The number of piperidine rings is 1. The fraction of sp³-hybridized carbons (Fsp3) is 0.412. The third-order valence-electron chi connectivity index (χ3n) is 4.26. The predicted octanol–water partition coefficient (Wildman–Crippen LogP) is 3.02. The molecule has 3 aromatic rings. The molecule has 1 fully saturated rings. The van der Waals surface area contributed by atoms with Crippen molar-refractivity contribution in [3.63, 3.8) is 0 Å². The molecule has 0 spiro atoms. The largest absolute Gasteiger partial charge is 0.440 e. The van der Waals surface area contributed by atoms with E-state index < -0.39 is 0 Å². The van der Waals surface area contributed by atoms with Crippen LogP contribution in [0.3, 0.4) is 0 Å². The number of oxazole rings is 1. The highest BCUT2D eigenvalue weighted by atomic mass is 32.2. The lowest BCUT2D eigenvalue weighted by Crippen LogP contribution is -2.40. The van der Waals surface area contributed by atoms with Crippen molar-refractivity contribution < 1.29 is 13.6 Å². The van der Waals surface area contributed by atoms with Crippen LogP contribution in [0, 0.1) is 6.92 Å². The minimum Gasteiger partial charge on any atom is -0.440 e. The quantitative estimate of drug-likeness (QED) is 0.663. The van der Waals surface area contributed by atoms with Crippen molar-refractivity contribution in [2.45, 2.75) is 30.9 Å². The summed E-state index contributed by atoms with van der Waals surface area (Å²) in [5.74, 6) is 1.73. The fourth-order valence-corrected chi connectivity index (χ4v) is 3.73. The summed E-state index contributed by atoms with van der Waals surface area (Å²) in [7, 11) is 0. The summed E-state index contributed by atoms with van der Waals surface area (Å²) in [5.41, 5.74) is 1.66. The molecule has 0 N–H and O–H groups in total. The SMILES string of the molecule is Cc1nnc(SCC(=O)N2CCC[C@H](c3nc4ccccc4o3)C2)o1. The van der Waals surface area contributed by atoms with Gasteiger partial charge >= 0.3 is 0 Å². The lowest BCUT2D eigenvalue weighted by molar-refractivity contribution is -0.129. The number of benzene rings is 1. The summed E-state index contributed by atoms with van der Waals surface area (Å²) in [4.78, 5) is 18.9. The van der Waals surface area contributed by atoms with Crippen LogP contribution in [-0.4, -0.2) is 44.8 Å². The summed E-state index contributed by atoms with van der Waals surface area (Å²) >= 11 is 1.27. The number of thioether (sulfide) groups is 1. The van der Waals surface area contributed by atoms with Gasteiger partial charge in [0.05, 0.1) is 11.7 Å². The summed E-state index contributed by atoms with van der Waals surface area (Å²) < 4.78 is 11.2. The number of aromatic nitrogens is 3. The number of para-hydroxylation sites is 2. The van der Waals surface area contributed by atoms with E-state index >= 15 is 0 Å². The molecule has 1 atom stereocenters. The van der Waals surface area contributed by atoms with Crippen molar-refractivity contribution in [3.8, 4) is 0 Å². The molecule has 130 valence electrons. The zero-order valence-electron chi connectivity index (χ0n) is 13.8. The summed E-state index contributed by atoms with van der Waals surface area (Å²) in [6, 6.07) is 7.74. The van der Waals surface area contributed by atoms with E-state index in [1.54, 1.807) is 6.92 Å². The van der Waals surface area contributed by atoms with Crippen LogP contribution < -0.4 is 0 Å². The third-order valence-corrected chi connectivity index (χ3v) is 5.06. The van der Waals surface area contributed by atoms with Gasteiger partial charge in [-0.3, -0.25) is 4.79 Å². The van der Waals surface area contributed by atoms with E-state index in [0.717, 1.165) is 36.4 Å². The first-order valence-corrected chi connectivity index (χ1v) is 9.24. The van der Waals surface area contributed by atoms with E-state index in [1.807, 2.05) is 29.2 Å². The molecule has 25 heavy (non-hydrogen) atoms. The molecule has 1 amide bonds. The van der Waals surface area contributed by atoms with E-state index in [-0.39, 0.29) is 11.8 Å². The number of amides is 1. The predicted molar refractivity (Wildman–Crippen MR) is 92.3 cm³/mol. The highest BCUT2D eigenvalue weighted by Gasteiger charge is 2.28. The highest BCUT2D eigenvalue weighted by Crippen LogP contribution is 2.29. The first-order valence-electron chi connectivity index (χ1n) is 8.25. The number of carbonyl (C=O) groups is 1. The molecular formula is C17H18N4O3S. The molecule has 1 saturated heterocycles. The van der Waals surface area contributed by atoms with Gasteiger partial charge in [0.15, 0.2) is 11.5 Å². The Hall–Kier alpha value is -2.35. The molecule has 0 bridgehead atoms. The topological polar surface area (TPSA) is 85.3 Å². The Morgan fingerprint density at radius 3 is 3.00 bits per heavy atom. The number of carbonyl (C=O) groups excluding carboxylic acids is 1. The van der Waals surface area contributed by atoms with Crippen LogP contribution in [0.2, 0.25) is 0 Å². The summed E-state index contributed by atoms with van der Waals surface area (Å²) in [6.07, 6.45) is 1.92. The standard InChI is InChI=1S/C17H18N4O3S/c1-11-19-20-17(23-11)25-10-15(22)21-8-4-5-12(9-21)16-18-13-6-2-3-7-14(13)24-16/h2-3,6-7,12H,4-5,8-10H2,1H3/t12-/m0/s1. The number of fused-ring (bicyclic) bond motifs is 1. The Kier molecular flexibility index (Phi) is 4.44. The molecule has 1 aliphatic heterocycles. The van der Waals surface area contributed by atoms with E-state index in [1.165, 1.54) is 11.8 Å². The van der Waals surface area contributed by atoms with E-state index in [4.69, 9.17) is 8.83 Å². The molecule has 0 radical (unpaired) electrons. The summed E-state index contributed by atoms with van der Waals surface area (Å²) in [5, 5.41) is 8.10.